The average molecular weight is 311 g/mol. The second-order valence-corrected chi connectivity index (χ2v) is 5.58. The zero-order valence-corrected chi connectivity index (χ0v) is 13.3. The van der Waals surface area contributed by atoms with Crippen molar-refractivity contribution in [3.63, 3.8) is 0 Å². The van der Waals surface area contributed by atoms with E-state index < -0.39 is 0 Å². The average Bonchev–Trinajstić information content (AvgIpc) is 2.62. The fourth-order valence-corrected chi connectivity index (χ4v) is 2.64. The summed E-state index contributed by atoms with van der Waals surface area (Å²) in [6.45, 7) is 4.03. The van der Waals surface area contributed by atoms with Gasteiger partial charge in [-0.1, -0.05) is 42.5 Å². The Morgan fingerprint density at radius 1 is 1.13 bits per heavy atom. The van der Waals surface area contributed by atoms with Crippen LogP contribution in [0.5, 0.6) is 5.75 Å². The minimum absolute atomic E-state index is 0.0594. The van der Waals surface area contributed by atoms with Gasteiger partial charge in [-0.3, -0.25) is 4.79 Å². The highest BCUT2D eigenvalue weighted by Gasteiger charge is 2.26. The van der Waals surface area contributed by atoms with Crippen LogP contribution in [0.25, 0.3) is 0 Å². The van der Waals surface area contributed by atoms with Crippen LogP contribution >= 0.6 is 0 Å². The summed E-state index contributed by atoms with van der Waals surface area (Å²) in [6.07, 6.45) is -0.0594. The molecule has 23 heavy (non-hydrogen) atoms. The third-order valence-electron chi connectivity index (χ3n) is 4.03. The molecule has 1 unspecified atom stereocenters. The van der Waals surface area contributed by atoms with E-state index in [1.807, 2.05) is 66.4 Å². The molecule has 1 aliphatic heterocycles. The summed E-state index contributed by atoms with van der Waals surface area (Å²) in [5.74, 6) is 0.892. The largest absolute Gasteiger partial charge is 0.489 e. The van der Waals surface area contributed by atoms with E-state index in [2.05, 4.69) is 0 Å². The topological polar surface area (TPSA) is 38.8 Å². The molecule has 0 aromatic heterocycles. The Hall–Kier alpha value is -2.33. The number of amides is 1. The molecule has 0 aliphatic carbocycles. The van der Waals surface area contributed by atoms with Crippen molar-refractivity contribution in [3.8, 4) is 5.75 Å². The quantitative estimate of drug-likeness (QED) is 0.851. The molecule has 0 radical (unpaired) electrons. The smallest absolute Gasteiger partial charge is 0.248 e. The van der Waals surface area contributed by atoms with Crippen molar-refractivity contribution in [3.05, 3.63) is 65.7 Å². The molecule has 120 valence electrons. The summed E-state index contributed by atoms with van der Waals surface area (Å²) in [5.41, 5.74) is 2.22. The summed E-state index contributed by atoms with van der Waals surface area (Å²) < 4.78 is 11.4. The fourth-order valence-electron chi connectivity index (χ4n) is 2.64. The Balaban J connectivity index is 1.60. The van der Waals surface area contributed by atoms with E-state index in [0.717, 1.165) is 23.4 Å². The molecule has 1 saturated heterocycles. The highest BCUT2D eigenvalue weighted by Crippen LogP contribution is 2.25. The molecule has 0 spiro atoms. The van der Waals surface area contributed by atoms with Gasteiger partial charge in [0.05, 0.1) is 6.54 Å². The molecule has 2 aromatic rings. The van der Waals surface area contributed by atoms with Crippen LogP contribution in [0.2, 0.25) is 0 Å². The second kappa shape index (κ2) is 7.29. The van der Waals surface area contributed by atoms with Crippen LogP contribution < -0.4 is 4.74 Å². The summed E-state index contributed by atoms with van der Waals surface area (Å²) >= 11 is 0. The van der Waals surface area contributed by atoms with E-state index in [-0.39, 0.29) is 18.6 Å². The lowest BCUT2D eigenvalue weighted by molar-refractivity contribution is -0.148. The van der Waals surface area contributed by atoms with Crippen molar-refractivity contribution < 1.29 is 14.3 Å². The van der Waals surface area contributed by atoms with Crippen LogP contribution in [0, 0.1) is 0 Å². The van der Waals surface area contributed by atoms with Crippen molar-refractivity contribution in [2.24, 2.45) is 0 Å². The Morgan fingerprint density at radius 2 is 1.87 bits per heavy atom. The molecule has 1 aliphatic rings. The van der Waals surface area contributed by atoms with E-state index in [0.29, 0.717) is 13.2 Å². The molecule has 2 aromatic carbocycles. The van der Waals surface area contributed by atoms with Gasteiger partial charge in [-0.05, 0) is 30.2 Å². The van der Waals surface area contributed by atoms with Gasteiger partial charge in [0.25, 0.3) is 0 Å². The molecule has 0 N–H and O–H groups in total. The first kappa shape index (κ1) is 15.6. The zero-order chi connectivity index (χ0) is 16.1. The van der Waals surface area contributed by atoms with Crippen LogP contribution in [0.15, 0.2) is 54.6 Å². The van der Waals surface area contributed by atoms with Crippen molar-refractivity contribution in [1.82, 2.24) is 4.90 Å². The number of benzene rings is 2. The second-order valence-electron chi connectivity index (χ2n) is 5.58. The Kier molecular flexibility index (Phi) is 4.93. The highest BCUT2D eigenvalue weighted by molar-refractivity contribution is 5.78. The maximum absolute atomic E-state index is 11.7. The monoisotopic (exact) mass is 311 g/mol. The van der Waals surface area contributed by atoms with Crippen molar-refractivity contribution >= 4 is 5.91 Å². The number of morpholine rings is 1. The predicted molar refractivity (Wildman–Crippen MR) is 88.2 cm³/mol. The van der Waals surface area contributed by atoms with Gasteiger partial charge in [-0.25, -0.2) is 0 Å². The standard InChI is InChI=1S/C19H21NO3/c1-2-20-12-18(23-14-19(20)21)16-8-10-17(11-9-16)22-13-15-6-4-3-5-7-15/h3-11,18H,2,12-14H2,1H3. The maximum atomic E-state index is 11.7. The number of nitrogens with zero attached hydrogens (tertiary/aromatic N) is 1. The number of hydrogen-bond donors (Lipinski definition) is 0. The number of ether oxygens (including phenoxy) is 2. The van der Waals surface area contributed by atoms with Gasteiger partial charge in [0, 0.05) is 6.54 Å². The Labute approximate surface area is 136 Å². The van der Waals surface area contributed by atoms with Gasteiger partial charge in [0.15, 0.2) is 0 Å². The number of hydrogen-bond acceptors (Lipinski definition) is 3. The molecule has 1 heterocycles. The van der Waals surface area contributed by atoms with Gasteiger partial charge in [-0.15, -0.1) is 0 Å². The lowest BCUT2D eigenvalue weighted by Gasteiger charge is -2.32. The minimum Gasteiger partial charge on any atom is -0.489 e. The molecule has 4 nitrogen and oxygen atoms in total. The number of rotatable bonds is 5. The lowest BCUT2D eigenvalue weighted by Crippen LogP contribution is -2.42. The molecule has 1 atom stereocenters. The first-order valence-corrected chi connectivity index (χ1v) is 7.92. The molecular formula is C19H21NO3. The van der Waals surface area contributed by atoms with Crippen molar-refractivity contribution in [2.45, 2.75) is 19.6 Å². The molecule has 1 amide bonds. The summed E-state index contributed by atoms with van der Waals surface area (Å²) in [5, 5.41) is 0. The number of carbonyl (C=O) groups is 1. The SMILES string of the molecule is CCN1CC(c2ccc(OCc3ccccc3)cc2)OCC1=O. The van der Waals surface area contributed by atoms with Gasteiger partial charge in [-0.2, -0.15) is 0 Å². The van der Waals surface area contributed by atoms with Gasteiger partial charge in [0.1, 0.15) is 25.1 Å². The first-order valence-electron chi connectivity index (χ1n) is 7.92. The highest BCUT2D eigenvalue weighted by atomic mass is 16.5. The molecule has 0 bridgehead atoms. The van der Waals surface area contributed by atoms with Gasteiger partial charge in [0.2, 0.25) is 5.91 Å². The van der Waals surface area contributed by atoms with E-state index in [1.165, 1.54) is 0 Å². The van der Waals surface area contributed by atoms with E-state index in [1.54, 1.807) is 0 Å². The summed E-state index contributed by atoms with van der Waals surface area (Å²) in [6, 6.07) is 18.0. The molecular weight excluding hydrogens is 290 g/mol. The van der Waals surface area contributed by atoms with Crippen LogP contribution in [0.3, 0.4) is 0 Å². The van der Waals surface area contributed by atoms with Crippen LogP contribution in [-0.4, -0.2) is 30.5 Å². The first-order chi connectivity index (χ1) is 11.3. The van der Waals surface area contributed by atoms with Gasteiger partial charge >= 0.3 is 0 Å². The van der Waals surface area contributed by atoms with Crippen molar-refractivity contribution in [1.29, 1.82) is 0 Å². The summed E-state index contributed by atoms with van der Waals surface area (Å²) in [4.78, 5) is 13.5. The van der Waals surface area contributed by atoms with Gasteiger partial charge < -0.3 is 14.4 Å². The molecule has 4 heteroatoms. The Morgan fingerprint density at radius 3 is 2.57 bits per heavy atom. The van der Waals surface area contributed by atoms with E-state index in [4.69, 9.17) is 9.47 Å². The van der Waals surface area contributed by atoms with Crippen LogP contribution in [0.4, 0.5) is 0 Å². The number of likely N-dealkylation sites (N-methyl/N-ethyl adjacent to an activating group) is 1. The molecule has 0 saturated carbocycles. The fraction of sp³-hybridized carbons (Fsp3) is 0.316. The predicted octanol–water partition coefficient (Wildman–Crippen LogP) is 3.19. The maximum Gasteiger partial charge on any atom is 0.248 e. The Bertz CT molecular complexity index is 639. The third kappa shape index (κ3) is 3.90. The van der Waals surface area contributed by atoms with Crippen LogP contribution in [-0.2, 0) is 16.1 Å². The van der Waals surface area contributed by atoms with E-state index >= 15 is 0 Å². The molecule has 3 rings (SSSR count). The van der Waals surface area contributed by atoms with Crippen molar-refractivity contribution in [2.75, 3.05) is 19.7 Å². The third-order valence-corrected chi connectivity index (χ3v) is 4.03. The zero-order valence-electron chi connectivity index (χ0n) is 13.3. The van der Waals surface area contributed by atoms with Crippen LogP contribution in [0.1, 0.15) is 24.2 Å². The minimum atomic E-state index is -0.0594. The molecule has 1 fully saturated rings. The summed E-state index contributed by atoms with van der Waals surface area (Å²) in [7, 11) is 0. The lowest BCUT2D eigenvalue weighted by atomic mass is 10.1. The van der Waals surface area contributed by atoms with E-state index in [9.17, 15) is 4.79 Å². The number of carbonyl (C=O) groups excluding carboxylic acids is 1. The normalized spacial score (nSPS) is 18.0.